The summed E-state index contributed by atoms with van der Waals surface area (Å²) >= 11 is 1.86. The van der Waals surface area contributed by atoms with E-state index in [9.17, 15) is 0 Å². The van der Waals surface area contributed by atoms with Crippen molar-refractivity contribution in [3.8, 4) is 67.3 Å². The Kier molecular flexibility index (Phi) is 8.28. The fourth-order valence-electron chi connectivity index (χ4n) is 9.53. The monoisotopic (exact) mass is 774 g/mol. The van der Waals surface area contributed by atoms with Crippen LogP contribution >= 0.6 is 11.8 Å². The van der Waals surface area contributed by atoms with Crippen LogP contribution in [-0.2, 0) is 5.41 Å². The van der Waals surface area contributed by atoms with Crippen LogP contribution in [0.25, 0.3) is 67.3 Å². The molecule has 0 saturated carbocycles. The summed E-state index contributed by atoms with van der Waals surface area (Å²) in [5.41, 5.74) is 18.2. The van der Waals surface area contributed by atoms with Crippen LogP contribution in [-0.4, -0.2) is 19.9 Å². The van der Waals surface area contributed by atoms with Gasteiger partial charge >= 0.3 is 0 Å². The summed E-state index contributed by atoms with van der Waals surface area (Å²) in [6.45, 7) is 6.25. The van der Waals surface area contributed by atoms with Crippen molar-refractivity contribution in [2.45, 2.75) is 36.0 Å². The van der Waals surface area contributed by atoms with Gasteiger partial charge in [-0.15, -0.1) is 0 Å². The summed E-state index contributed by atoms with van der Waals surface area (Å²) < 4.78 is 0. The predicted molar refractivity (Wildman–Crippen MR) is 240 cm³/mol. The van der Waals surface area contributed by atoms with Crippen molar-refractivity contribution in [2.75, 3.05) is 0 Å². The zero-order valence-electron chi connectivity index (χ0n) is 32.9. The van der Waals surface area contributed by atoms with E-state index >= 15 is 0 Å². The van der Waals surface area contributed by atoms with Crippen molar-refractivity contribution >= 4 is 11.8 Å². The zero-order chi connectivity index (χ0) is 39.7. The highest BCUT2D eigenvalue weighted by molar-refractivity contribution is 7.99. The Labute approximate surface area is 348 Å². The molecule has 7 aromatic carbocycles. The zero-order valence-corrected chi connectivity index (χ0v) is 33.8. The van der Waals surface area contributed by atoms with Crippen molar-refractivity contribution in [1.82, 2.24) is 19.9 Å². The molecule has 1 spiro atoms. The molecule has 2 aromatic heterocycles. The standard InChI is InChI=1S/C54H38N4S/c1-33-31-55-32-34(2)50(33)40-18-11-17-38(28-40)39-26-27-44-43(30-39)51-42(53-57-35(3)56-52(58-53)41-19-12-16-37(29-41)36-14-5-4-6-15-36)20-13-23-47(51)54(44)45-21-7-9-24-48(45)59-49-25-10-8-22-46(49)54/h4-32H,1-3H3. The lowest BCUT2D eigenvalue weighted by Gasteiger charge is -2.39. The molecule has 1 aliphatic heterocycles. The van der Waals surface area contributed by atoms with Gasteiger partial charge in [0.15, 0.2) is 11.6 Å². The van der Waals surface area contributed by atoms with Crippen LogP contribution in [0.3, 0.4) is 0 Å². The molecule has 0 fully saturated rings. The van der Waals surface area contributed by atoms with Crippen LogP contribution in [0, 0.1) is 20.8 Å². The molecule has 59 heavy (non-hydrogen) atoms. The summed E-state index contributed by atoms with van der Waals surface area (Å²) in [4.78, 5) is 22.3. The molecule has 0 saturated heterocycles. The van der Waals surface area contributed by atoms with E-state index in [1.165, 1.54) is 59.9 Å². The van der Waals surface area contributed by atoms with E-state index in [2.05, 4.69) is 177 Å². The lowest BCUT2D eigenvalue weighted by Crippen LogP contribution is -2.31. The molecule has 9 aromatic rings. The fraction of sp³-hybridized carbons (Fsp3) is 0.0741. The Bertz CT molecular complexity index is 3070. The third kappa shape index (κ3) is 5.60. The van der Waals surface area contributed by atoms with Gasteiger partial charge in [0, 0.05) is 33.3 Å². The van der Waals surface area contributed by atoms with Crippen LogP contribution in [0.5, 0.6) is 0 Å². The van der Waals surface area contributed by atoms with Crippen LogP contribution in [0.15, 0.2) is 186 Å². The third-order valence-electron chi connectivity index (χ3n) is 12.0. The molecule has 0 N–H and O–H groups in total. The Balaban J connectivity index is 1.16. The van der Waals surface area contributed by atoms with E-state index in [4.69, 9.17) is 15.0 Å². The first-order chi connectivity index (χ1) is 29.0. The smallest absolute Gasteiger partial charge is 0.164 e. The summed E-state index contributed by atoms with van der Waals surface area (Å²) in [5, 5.41) is 0. The quantitative estimate of drug-likeness (QED) is 0.174. The van der Waals surface area contributed by atoms with Gasteiger partial charge in [0.25, 0.3) is 0 Å². The Hall–Kier alpha value is -6.95. The number of nitrogens with zero attached hydrogens (tertiary/aromatic N) is 4. The van der Waals surface area contributed by atoms with Crippen molar-refractivity contribution in [2.24, 2.45) is 0 Å². The second kappa shape index (κ2) is 13.9. The molecule has 11 rings (SSSR count). The number of hydrogen-bond acceptors (Lipinski definition) is 5. The molecule has 0 radical (unpaired) electrons. The number of rotatable bonds is 5. The maximum atomic E-state index is 5.29. The fourth-order valence-corrected chi connectivity index (χ4v) is 10.7. The second-order valence-corrected chi connectivity index (χ2v) is 16.6. The highest BCUT2D eigenvalue weighted by Crippen LogP contribution is 2.63. The number of pyridine rings is 1. The van der Waals surface area contributed by atoms with Gasteiger partial charge < -0.3 is 0 Å². The van der Waals surface area contributed by atoms with Gasteiger partial charge in [0.1, 0.15) is 5.82 Å². The lowest BCUT2D eigenvalue weighted by atomic mass is 9.67. The number of hydrogen-bond donors (Lipinski definition) is 0. The van der Waals surface area contributed by atoms with Crippen molar-refractivity contribution in [1.29, 1.82) is 0 Å². The van der Waals surface area contributed by atoms with Gasteiger partial charge in [-0.1, -0.05) is 145 Å². The van der Waals surface area contributed by atoms with Gasteiger partial charge in [-0.2, -0.15) is 0 Å². The highest BCUT2D eigenvalue weighted by Gasteiger charge is 2.51. The Morgan fingerprint density at radius 2 is 0.949 bits per heavy atom. The molecule has 1 aliphatic carbocycles. The minimum atomic E-state index is -0.542. The van der Waals surface area contributed by atoms with E-state index in [0.717, 1.165) is 38.9 Å². The molecule has 4 nitrogen and oxygen atoms in total. The minimum Gasteiger partial charge on any atom is -0.264 e. The molecular weight excluding hydrogens is 737 g/mol. The normalized spacial score (nSPS) is 13.1. The average molecular weight is 775 g/mol. The molecule has 0 bridgehead atoms. The third-order valence-corrected chi connectivity index (χ3v) is 13.1. The van der Waals surface area contributed by atoms with E-state index in [-0.39, 0.29) is 0 Å². The maximum Gasteiger partial charge on any atom is 0.164 e. The largest absolute Gasteiger partial charge is 0.264 e. The molecule has 280 valence electrons. The minimum absolute atomic E-state index is 0.542. The van der Waals surface area contributed by atoms with Crippen molar-refractivity contribution in [3.63, 3.8) is 0 Å². The van der Waals surface area contributed by atoms with Gasteiger partial charge in [-0.3, -0.25) is 4.98 Å². The van der Waals surface area contributed by atoms with Gasteiger partial charge in [-0.25, -0.2) is 15.0 Å². The molecular formula is C54H38N4S. The Morgan fingerprint density at radius 3 is 1.69 bits per heavy atom. The SMILES string of the molecule is Cc1nc(-c2cccc(-c3ccccc3)c2)nc(-c2cccc3c2-c2cc(-c4cccc(-c5c(C)cncc5C)c4)ccc2C32c3ccccc3Sc3ccccc32)n1. The number of aromatic nitrogens is 4. The molecule has 3 heterocycles. The molecule has 5 heteroatoms. The first-order valence-electron chi connectivity index (χ1n) is 20.0. The molecule has 0 amide bonds. The van der Waals surface area contributed by atoms with Crippen LogP contribution < -0.4 is 0 Å². The van der Waals surface area contributed by atoms with Crippen LogP contribution in [0.2, 0.25) is 0 Å². The summed E-state index contributed by atoms with van der Waals surface area (Å²) in [6.07, 6.45) is 3.91. The van der Waals surface area contributed by atoms with Gasteiger partial charge in [-0.05, 0) is 129 Å². The number of fused-ring (bicyclic) bond motifs is 9. The lowest BCUT2D eigenvalue weighted by molar-refractivity contribution is 0.722. The van der Waals surface area contributed by atoms with Gasteiger partial charge in [0.2, 0.25) is 0 Å². The summed E-state index contributed by atoms with van der Waals surface area (Å²) in [6, 6.07) is 59.6. The van der Waals surface area contributed by atoms with E-state index < -0.39 is 5.41 Å². The second-order valence-electron chi connectivity index (χ2n) is 15.5. The van der Waals surface area contributed by atoms with Crippen molar-refractivity contribution < 1.29 is 0 Å². The highest BCUT2D eigenvalue weighted by atomic mass is 32.2. The van der Waals surface area contributed by atoms with Crippen molar-refractivity contribution in [3.05, 3.63) is 215 Å². The predicted octanol–water partition coefficient (Wildman–Crippen LogP) is 13.4. The number of aryl methyl sites for hydroxylation is 3. The van der Waals surface area contributed by atoms with E-state index in [1.54, 1.807) is 0 Å². The summed E-state index contributed by atoms with van der Waals surface area (Å²) in [5.74, 6) is 2.01. The van der Waals surface area contributed by atoms with Crippen LogP contribution in [0.4, 0.5) is 0 Å². The molecule has 0 unspecified atom stereocenters. The number of benzene rings is 7. The first-order valence-corrected chi connectivity index (χ1v) is 20.9. The topological polar surface area (TPSA) is 51.6 Å². The Morgan fingerprint density at radius 1 is 0.390 bits per heavy atom. The average Bonchev–Trinajstić information content (AvgIpc) is 3.57. The maximum absolute atomic E-state index is 5.29. The molecule has 0 atom stereocenters. The van der Waals surface area contributed by atoms with Crippen LogP contribution in [0.1, 0.15) is 39.2 Å². The first kappa shape index (κ1) is 35.2. The van der Waals surface area contributed by atoms with E-state index in [0.29, 0.717) is 17.5 Å². The van der Waals surface area contributed by atoms with Gasteiger partial charge in [0.05, 0.1) is 5.41 Å². The summed E-state index contributed by atoms with van der Waals surface area (Å²) in [7, 11) is 0. The molecule has 2 aliphatic rings. The van der Waals surface area contributed by atoms with E-state index in [1.807, 2.05) is 37.1 Å².